The Morgan fingerprint density at radius 1 is 1.11 bits per heavy atom. The SMILES string of the molecule is CNCC1CCN(C(=O)c2ccc(CSc3ccc(Cl)cc3)cc2)CC1.Cl. The smallest absolute Gasteiger partial charge is 0.253 e. The number of likely N-dealkylation sites (tertiary alicyclic amines) is 1. The van der Waals surface area contributed by atoms with Crippen LogP contribution in [0.1, 0.15) is 28.8 Å². The fraction of sp³-hybridized carbons (Fsp3) is 0.381. The Morgan fingerprint density at radius 3 is 2.33 bits per heavy atom. The maximum absolute atomic E-state index is 12.7. The standard InChI is InChI=1S/C21H25ClN2OS.ClH/c1-23-14-16-10-12-24(13-11-16)21(25)18-4-2-17(3-5-18)15-26-20-8-6-19(22)7-9-20;/h2-9,16,23H,10-15H2,1H3;1H. The molecule has 0 radical (unpaired) electrons. The number of carbonyl (C=O) groups excluding carboxylic acids is 1. The predicted molar refractivity (Wildman–Crippen MR) is 117 cm³/mol. The molecule has 3 rings (SSSR count). The quantitative estimate of drug-likeness (QED) is 0.652. The second-order valence-electron chi connectivity index (χ2n) is 6.73. The summed E-state index contributed by atoms with van der Waals surface area (Å²) in [4.78, 5) is 15.9. The highest BCUT2D eigenvalue weighted by atomic mass is 35.5. The van der Waals surface area contributed by atoms with Crippen LogP contribution in [0.15, 0.2) is 53.4 Å². The molecule has 0 spiro atoms. The van der Waals surface area contributed by atoms with Crippen LogP contribution in [0.25, 0.3) is 0 Å². The van der Waals surface area contributed by atoms with Crippen LogP contribution >= 0.6 is 35.8 Å². The van der Waals surface area contributed by atoms with Crippen molar-refractivity contribution in [2.24, 2.45) is 5.92 Å². The van der Waals surface area contributed by atoms with Gasteiger partial charge < -0.3 is 10.2 Å². The minimum Gasteiger partial charge on any atom is -0.339 e. The van der Waals surface area contributed by atoms with Crippen LogP contribution in [0.2, 0.25) is 5.02 Å². The largest absolute Gasteiger partial charge is 0.339 e. The number of halogens is 2. The van der Waals surface area contributed by atoms with Gasteiger partial charge in [0, 0.05) is 34.3 Å². The molecule has 1 aliphatic rings. The minimum atomic E-state index is 0. The third-order valence-electron chi connectivity index (χ3n) is 4.81. The third kappa shape index (κ3) is 6.42. The van der Waals surface area contributed by atoms with Gasteiger partial charge in [-0.2, -0.15) is 0 Å². The average Bonchev–Trinajstić information content (AvgIpc) is 2.68. The Kier molecular flexibility index (Phi) is 8.97. The topological polar surface area (TPSA) is 32.3 Å². The summed E-state index contributed by atoms with van der Waals surface area (Å²) in [6.07, 6.45) is 2.17. The molecule has 1 N–H and O–H groups in total. The molecule has 27 heavy (non-hydrogen) atoms. The number of carbonyl (C=O) groups is 1. The van der Waals surface area contributed by atoms with Crippen molar-refractivity contribution in [1.29, 1.82) is 0 Å². The summed E-state index contributed by atoms with van der Waals surface area (Å²) in [7, 11) is 1.99. The number of rotatable bonds is 6. The van der Waals surface area contributed by atoms with Crippen LogP contribution in [0.3, 0.4) is 0 Å². The minimum absolute atomic E-state index is 0. The van der Waals surface area contributed by atoms with Crippen molar-refractivity contribution in [3.8, 4) is 0 Å². The molecule has 0 saturated carbocycles. The van der Waals surface area contributed by atoms with E-state index in [9.17, 15) is 4.79 Å². The van der Waals surface area contributed by atoms with Gasteiger partial charge in [0.2, 0.25) is 0 Å². The summed E-state index contributed by atoms with van der Waals surface area (Å²) < 4.78 is 0. The highest BCUT2D eigenvalue weighted by Gasteiger charge is 2.23. The lowest BCUT2D eigenvalue weighted by molar-refractivity contribution is 0.0691. The number of hydrogen-bond donors (Lipinski definition) is 1. The Bertz CT molecular complexity index is 714. The Hall–Kier alpha value is -1.20. The Labute approximate surface area is 177 Å². The molecular formula is C21H26Cl2N2OS. The lowest BCUT2D eigenvalue weighted by Gasteiger charge is -2.32. The summed E-state index contributed by atoms with van der Waals surface area (Å²) in [6.45, 7) is 2.76. The van der Waals surface area contributed by atoms with E-state index < -0.39 is 0 Å². The van der Waals surface area contributed by atoms with Gasteiger partial charge >= 0.3 is 0 Å². The molecule has 0 unspecified atom stereocenters. The molecule has 0 bridgehead atoms. The van der Waals surface area contributed by atoms with Gasteiger partial charge in [0.25, 0.3) is 5.91 Å². The molecule has 0 atom stereocenters. The fourth-order valence-electron chi connectivity index (χ4n) is 3.25. The molecule has 1 aliphatic heterocycles. The summed E-state index contributed by atoms with van der Waals surface area (Å²) in [5, 5.41) is 3.99. The zero-order valence-corrected chi connectivity index (χ0v) is 17.9. The number of hydrogen-bond acceptors (Lipinski definition) is 3. The molecule has 2 aromatic rings. The van der Waals surface area contributed by atoms with E-state index in [2.05, 4.69) is 17.4 Å². The highest BCUT2D eigenvalue weighted by Crippen LogP contribution is 2.25. The Morgan fingerprint density at radius 2 is 1.74 bits per heavy atom. The van der Waals surface area contributed by atoms with E-state index in [1.165, 1.54) is 10.5 Å². The summed E-state index contributed by atoms with van der Waals surface area (Å²) in [6, 6.07) is 15.9. The third-order valence-corrected chi connectivity index (χ3v) is 6.15. The number of nitrogens with one attached hydrogen (secondary N) is 1. The van der Waals surface area contributed by atoms with E-state index in [1.807, 2.05) is 48.3 Å². The molecule has 1 heterocycles. The number of amides is 1. The summed E-state index contributed by atoms with van der Waals surface area (Å²) in [5.41, 5.74) is 2.01. The van der Waals surface area contributed by atoms with Gasteiger partial charge in [-0.05, 0) is 74.3 Å². The average molecular weight is 425 g/mol. The van der Waals surface area contributed by atoms with Crippen molar-refractivity contribution >= 4 is 41.7 Å². The van der Waals surface area contributed by atoms with Crippen LogP contribution in [0.5, 0.6) is 0 Å². The van der Waals surface area contributed by atoms with E-state index >= 15 is 0 Å². The van der Waals surface area contributed by atoms with Crippen LogP contribution in [-0.2, 0) is 5.75 Å². The summed E-state index contributed by atoms with van der Waals surface area (Å²) >= 11 is 7.68. The van der Waals surface area contributed by atoms with Crippen molar-refractivity contribution in [3.05, 3.63) is 64.7 Å². The molecule has 146 valence electrons. The molecule has 6 heteroatoms. The van der Waals surface area contributed by atoms with Crippen molar-refractivity contribution in [2.45, 2.75) is 23.5 Å². The zero-order valence-electron chi connectivity index (χ0n) is 15.5. The molecule has 0 aliphatic carbocycles. The van der Waals surface area contributed by atoms with Gasteiger partial charge in [-0.3, -0.25) is 4.79 Å². The lowest BCUT2D eigenvalue weighted by atomic mass is 9.96. The second kappa shape index (κ2) is 11.0. The van der Waals surface area contributed by atoms with Crippen LogP contribution in [0, 0.1) is 5.92 Å². The molecule has 1 fully saturated rings. The summed E-state index contributed by atoms with van der Waals surface area (Å²) in [5.74, 6) is 1.73. The molecular weight excluding hydrogens is 399 g/mol. The van der Waals surface area contributed by atoms with Gasteiger partial charge in [-0.15, -0.1) is 24.2 Å². The van der Waals surface area contributed by atoms with Crippen LogP contribution in [0.4, 0.5) is 0 Å². The first-order chi connectivity index (χ1) is 12.7. The molecule has 3 nitrogen and oxygen atoms in total. The van der Waals surface area contributed by atoms with Crippen molar-refractivity contribution < 1.29 is 4.79 Å². The van der Waals surface area contributed by atoms with Crippen LogP contribution < -0.4 is 5.32 Å². The molecule has 2 aromatic carbocycles. The number of benzene rings is 2. The van der Waals surface area contributed by atoms with E-state index in [0.29, 0.717) is 5.92 Å². The zero-order chi connectivity index (χ0) is 18.4. The first-order valence-electron chi connectivity index (χ1n) is 9.07. The number of nitrogens with zero attached hydrogens (tertiary/aromatic N) is 1. The monoisotopic (exact) mass is 424 g/mol. The number of piperidine rings is 1. The lowest BCUT2D eigenvalue weighted by Crippen LogP contribution is -2.40. The highest BCUT2D eigenvalue weighted by molar-refractivity contribution is 7.98. The molecule has 1 saturated heterocycles. The maximum Gasteiger partial charge on any atom is 0.253 e. The Balaban J connectivity index is 0.00000261. The van der Waals surface area contributed by atoms with E-state index in [4.69, 9.17) is 11.6 Å². The normalized spacial score (nSPS) is 14.7. The van der Waals surface area contributed by atoms with Crippen LogP contribution in [-0.4, -0.2) is 37.5 Å². The molecule has 0 aromatic heterocycles. The van der Waals surface area contributed by atoms with Gasteiger partial charge in [-0.1, -0.05) is 23.7 Å². The van der Waals surface area contributed by atoms with Crippen molar-refractivity contribution in [2.75, 3.05) is 26.7 Å². The first kappa shape index (κ1) is 22.1. The fourth-order valence-corrected chi connectivity index (χ4v) is 4.23. The van der Waals surface area contributed by atoms with E-state index in [0.717, 1.165) is 48.8 Å². The van der Waals surface area contributed by atoms with E-state index in [-0.39, 0.29) is 18.3 Å². The maximum atomic E-state index is 12.7. The first-order valence-corrected chi connectivity index (χ1v) is 10.4. The van der Waals surface area contributed by atoms with Gasteiger partial charge in [0.05, 0.1) is 0 Å². The van der Waals surface area contributed by atoms with Gasteiger partial charge in [0.1, 0.15) is 0 Å². The molecule has 1 amide bonds. The van der Waals surface area contributed by atoms with Gasteiger partial charge in [0.15, 0.2) is 0 Å². The van der Waals surface area contributed by atoms with Gasteiger partial charge in [-0.25, -0.2) is 0 Å². The van der Waals surface area contributed by atoms with E-state index in [1.54, 1.807) is 11.8 Å². The van der Waals surface area contributed by atoms with Crippen molar-refractivity contribution in [1.82, 2.24) is 10.2 Å². The predicted octanol–water partition coefficient (Wildman–Crippen LogP) is 5.13. The number of thioether (sulfide) groups is 1. The van der Waals surface area contributed by atoms with Crippen molar-refractivity contribution in [3.63, 3.8) is 0 Å². The second-order valence-corrected chi connectivity index (χ2v) is 8.22.